The normalized spacial score (nSPS) is 12.4. The van der Waals surface area contributed by atoms with Gasteiger partial charge in [-0.3, -0.25) is 0 Å². The maximum atomic E-state index is 10.3. The molecule has 3 heteroatoms. The molecule has 0 radical (unpaired) electrons. The Bertz CT molecular complexity index is 605. The van der Waals surface area contributed by atoms with Crippen molar-refractivity contribution in [3.05, 3.63) is 52.1 Å². The lowest BCUT2D eigenvalue weighted by Gasteiger charge is -2.19. The van der Waals surface area contributed by atoms with Crippen LogP contribution >= 0.6 is 0 Å². The minimum Gasteiger partial charge on any atom is -0.507 e. The third-order valence-electron chi connectivity index (χ3n) is 3.72. The highest BCUT2D eigenvalue weighted by Gasteiger charge is 2.19. The van der Waals surface area contributed by atoms with Crippen molar-refractivity contribution in [1.29, 1.82) is 0 Å². The van der Waals surface area contributed by atoms with E-state index in [4.69, 9.17) is 5.73 Å². The summed E-state index contributed by atoms with van der Waals surface area (Å²) in [6.45, 7) is 7.77. The molecule has 0 saturated carbocycles. The molecule has 0 aliphatic heterocycles. The zero-order chi connectivity index (χ0) is 15.0. The Morgan fingerprint density at radius 3 is 1.95 bits per heavy atom. The first-order chi connectivity index (χ1) is 9.31. The molecule has 0 aliphatic rings. The van der Waals surface area contributed by atoms with Crippen molar-refractivity contribution in [3.8, 4) is 11.5 Å². The van der Waals surface area contributed by atoms with Crippen LogP contribution in [-0.4, -0.2) is 10.2 Å². The molecular formula is C17H21NO2. The van der Waals surface area contributed by atoms with E-state index in [9.17, 15) is 10.2 Å². The van der Waals surface area contributed by atoms with E-state index in [2.05, 4.69) is 0 Å². The standard InChI is InChI=1S/C17H21NO2/c1-9-5-11(3)16(19)13(6-9)12(4)14-7-10(2)8-15(18)17(14)20/h5-8,12,19-20H,18H2,1-4H3. The van der Waals surface area contributed by atoms with Crippen LogP contribution in [0.5, 0.6) is 11.5 Å². The van der Waals surface area contributed by atoms with E-state index >= 15 is 0 Å². The molecule has 0 aliphatic carbocycles. The molecule has 1 atom stereocenters. The maximum Gasteiger partial charge on any atom is 0.142 e. The molecule has 2 aromatic rings. The average Bonchev–Trinajstić information content (AvgIpc) is 2.37. The predicted octanol–water partition coefficient (Wildman–Crippen LogP) is 3.76. The second kappa shape index (κ2) is 5.08. The first-order valence-electron chi connectivity index (χ1n) is 6.70. The van der Waals surface area contributed by atoms with Crippen LogP contribution in [0.4, 0.5) is 5.69 Å². The fourth-order valence-corrected chi connectivity index (χ4v) is 2.66. The van der Waals surface area contributed by atoms with E-state index in [1.54, 1.807) is 6.07 Å². The number of aromatic hydroxyl groups is 2. The molecular weight excluding hydrogens is 250 g/mol. The van der Waals surface area contributed by atoms with E-state index < -0.39 is 0 Å². The Hall–Kier alpha value is -2.16. The first-order valence-corrected chi connectivity index (χ1v) is 6.70. The van der Waals surface area contributed by atoms with Crippen molar-refractivity contribution < 1.29 is 10.2 Å². The molecule has 4 N–H and O–H groups in total. The number of phenolic OH excluding ortho intramolecular Hbond substituents is 2. The molecule has 0 saturated heterocycles. The van der Waals surface area contributed by atoms with E-state index in [1.165, 1.54) is 0 Å². The van der Waals surface area contributed by atoms with Crippen LogP contribution in [0.2, 0.25) is 0 Å². The molecule has 3 nitrogen and oxygen atoms in total. The highest BCUT2D eigenvalue weighted by molar-refractivity contribution is 5.61. The highest BCUT2D eigenvalue weighted by Crippen LogP contribution is 2.40. The smallest absolute Gasteiger partial charge is 0.142 e. The lowest BCUT2D eigenvalue weighted by atomic mass is 9.88. The van der Waals surface area contributed by atoms with Crippen LogP contribution in [0.15, 0.2) is 24.3 Å². The zero-order valence-corrected chi connectivity index (χ0v) is 12.4. The minimum atomic E-state index is -0.129. The SMILES string of the molecule is Cc1cc(C)c(O)c(C(C)c2cc(C)cc(N)c2O)c1. The lowest BCUT2D eigenvalue weighted by Crippen LogP contribution is -2.01. The van der Waals surface area contributed by atoms with E-state index in [1.807, 2.05) is 45.9 Å². The van der Waals surface area contributed by atoms with Crippen molar-refractivity contribution >= 4 is 5.69 Å². The molecule has 2 aromatic carbocycles. The van der Waals surface area contributed by atoms with Gasteiger partial charge in [-0.25, -0.2) is 0 Å². The number of hydrogen-bond acceptors (Lipinski definition) is 3. The summed E-state index contributed by atoms with van der Waals surface area (Å²) in [6, 6.07) is 7.54. The molecule has 0 aromatic heterocycles. The maximum absolute atomic E-state index is 10.3. The third-order valence-corrected chi connectivity index (χ3v) is 3.72. The fraction of sp³-hybridized carbons (Fsp3) is 0.294. The predicted molar refractivity (Wildman–Crippen MR) is 82.4 cm³/mol. The molecule has 106 valence electrons. The summed E-state index contributed by atoms with van der Waals surface area (Å²) in [7, 11) is 0. The Morgan fingerprint density at radius 2 is 1.35 bits per heavy atom. The van der Waals surface area contributed by atoms with E-state index in [0.29, 0.717) is 5.69 Å². The number of rotatable bonds is 2. The van der Waals surface area contributed by atoms with Crippen molar-refractivity contribution in [2.24, 2.45) is 0 Å². The van der Waals surface area contributed by atoms with Gasteiger partial charge in [0.05, 0.1) is 5.69 Å². The van der Waals surface area contributed by atoms with Gasteiger partial charge in [0.1, 0.15) is 11.5 Å². The van der Waals surface area contributed by atoms with Gasteiger partial charge in [0.2, 0.25) is 0 Å². The van der Waals surface area contributed by atoms with Gasteiger partial charge in [-0.2, -0.15) is 0 Å². The van der Waals surface area contributed by atoms with Crippen molar-refractivity contribution in [2.45, 2.75) is 33.6 Å². The highest BCUT2D eigenvalue weighted by atomic mass is 16.3. The quantitative estimate of drug-likeness (QED) is 0.575. The molecule has 0 spiro atoms. The lowest BCUT2D eigenvalue weighted by molar-refractivity contribution is 0.455. The summed E-state index contributed by atoms with van der Waals surface area (Å²) in [5, 5.41) is 20.4. The fourth-order valence-electron chi connectivity index (χ4n) is 2.66. The Balaban J connectivity index is 2.60. The summed E-state index contributed by atoms with van der Waals surface area (Å²) in [5.74, 6) is 0.250. The van der Waals surface area contributed by atoms with Gasteiger partial charge in [0.25, 0.3) is 0 Å². The van der Waals surface area contributed by atoms with E-state index in [-0.39, 0.29) is 17.4 Å². The number of phenols is 2. The monoisotopic (exact) mass is 271 g/mol. The Kier molecular flexibility index (Phi) is 3.62. The second-order valence-electron chi connectivity index (χ2n) is 5.53. The second-order valence-corrected chi connectivity index (χ2v) is 5.53. The molecule has 0 amide bonds. The number of nitrogens with two attached hydrogens (primary N) is 1. The van der Waals surface area contributed by atoms with Crippen LogP contribution in [0, 0.1) is 20.8 Å². The van der Waals surface area contributed by atoms with Gasteiger partial charge in [-0.1, -0.05) is 30.7 Å². The van der Waals surface area contributed by atoms with Gasteiger partial charge in [-0.05, 0) is 38.0 Å². The van der Waals surface area contributed by atoms with Gasteiger partial charge in [-0.15, -0.1) is 0 Å². The van der Waals surface area contributed by atoms with Gasteiger partial charge >= 0.3 is 0 Å². The molecule has 0 bridgehead atoms. The minimum absolute atomic E-state index is 0.0988. The summed E-state index contributed by atoms with van der Waals surface area (Å²) in [4.78, 5) is 0. The van der Waals surface area contributed by atoms with Crippen LogP contribution in [0.25, 0.3) is 0 Å². The van der Waals surface area contributed by atoms with Crippen LogP contribution in [-0.2, 0) is 0 Å². The van der Waals surface area contributed by atoms with Crippen LogP contribution < -0.4 is 5.73 Å². The largest absolute Gasteiger partial charge is 0.507 e. The van der Waals surface area contributed by atoms with Gasteiger partial charge in [0, 0.05) is 17.0 Å². The van der Waals surface area contributed by atoms with Crippen molar-refractivity contribution in [1.82, 2.24) is 0 Å². The van der Waals surface area contributed by atoms with Crippen LogP contribution in [0.1, 0.15) is 40.7 Å². The zero-order valence-electron chi connectivity index (χ0n) is 12.4. The number of hydrogen-bond donors (Lipinski definition) is 3. The summed E-state index contributed by atoms with van der Waals surface area (Å²) in [6.07, 6.45) is 0. The number of anilines is 1. The topological polar surface area (TPSA) is 66.5 Å². The number of nitrogen functional groups attached to an aromatic ring is 1. The molecule has 2 rings (SSSR count). The number of aryl methyl sites for hydroxylation is 3. The number of benzene rings is 2. The van der Waals surface area contributed by atoms with E-state index in [0.717, 1.165) is 27.8 Å². The molecule has 1 unspecified atom stereocenters. The molecule has 0 fully saturated rings. The summed E-state index contributed by atoms with van der Waals surface area (Å²) < 4.78 is 0. The van der Waals surface area contributed by atoms with Crippen molar-refractivity contribution in [2.75, 3.05) is 5.73 Å². The Morgan fingerprint density at radius 1 is 0.850 bits per heavy atom. The first kappa shape index (κ1) is 14.3. The third kappa shape index (κ3) is 2.44. The van der Waals surface area contributed by atoms with Crippen LogP contribution in [0.3, 0.4) is 0 Å². The molecule has 0 heterocycles. The summed E-state index contributed by atoms with van der Waals surface area (Å²) >= 11 is 0. The van der Waals surface area contributed by atoms with Gasteiger partial charge in [0.15, 0.2) is 0 Å². The summed E-state index contributed by atoms with van der Waals surface area (Å²) in [5.41, 5.74) is 10.7. The van der Waals surface area contributed by atoms with Crippen molar-refractivity contribution in [3.63, 3.8) is 0 Å². The Labute approximate surface area is 119 Å². The average molecular weight is 271 g/mol. The van der Waals surface area contributed by atoms with Gasteiger partial charge < -0.3 is 15.9 Å². The molecule has 20 heavy (non-hydrogen) atoms.